The Labute approximate surface area is 111 Å². The molecule has 2 unspecified atom stereocenters. The molecule has 2 rings (SSSR count). The van der Waals surface area contributed by atoms with E-state index in [9.17, 15) is 4.21 Å². The number of nitrogen functional groups attached to an aromatic ring is 1. The Kier molecular flexibility index (Phi) is 3.78. The summed E-state index contributed by atoms with van der Waals surface area (Å²) in [5.74, 6) is 0.539. The maximum atomic E-state index is 12.3. The summed E-state index contributed by atoms with van der Waals surface area (Å²) in [6.07, 6.45) is 2.09. The average Bonchev–Trinajstić information content (AvgIpc) is 2.62. The largest absolute Gasteiger partial charge is 0.398 e. The van der Waals surface area contributed by atoms with Crippen molar-refractivity contribution in [1.29, 1.82) is 0 Å². The Morgan fingerprint density at radius 1 is 1.50 bits per heavy atom. The third kappa shape index (κ3) is 2.93. The Bertz CT molecular complexity index is 471. The molecule has 2 N–H and O–H groups in total. The molecule has 18 heavy (non-hydrogen) atoms. The molecule has 0 saturated carbocycles. The minimum Gasteiger partial charge on any atom is -0.398 e. The van der Waals surface area contributed by atoms with Crippen LogP contribution in [0.15, 0.2) is 23.1 Å². The highest BCUT2D eigenvalue weighted by Gasteiger charge is 2.32. The van der Waals surface area contributed by atoms with Crippen molar-refractivity contribution in [1.82, 2.24) is 0 Å². The standard InChI is InChI=1S/C14H21NO2S/c1-10-5-4-6-12(13(10)15)18(16)9-11-7-8-14(2,3)17-11/h4-6,11H,7-9,15H2,1-3H3. The molecular formula is C14H21NO2S. The number of ether oxygens (including phenoxy) is 1. The lowest BCUT2D eigenvalue weighted by Crippen LogP contribution is -2.23. The van der Waals surface area contributed by atoms with E-state index in [1.54, 1.807) is 0 Å². The molecule has 100 valence electrons. The van der Waals surface area contributed by atoms with Gasteiger partial charge in [-0.1, -0.05) is 12.1 Å². The molecule has 1 aliphatic heterocycles. The second-order valence-electron chi connectivity index (χ2n) is 5.54. The third-order valence-electron chi connectivity index (χ3n) is 3.42. The van der Waals surface area contributed by atoms with Gasteiger partial charge in [0.1, 0.15) is 0 Å². The van der Waals surface area contributed by atoms with Gasteiger partial charge in [-0.2, -0.15) is 0 Å². The van der Waals surface area contributed by atoms with Gasteiger partial charge < -0.3 is 10.5 Å². The second-order valence-corrected chi connectivity index (χ2v) is 7.00. The number of hydrogen-bond acceptors (Lipinski definition) is 3. The molecular weight excluding hydrogens is 246 g/mol. The summed E-state index contributed by atoms with van der Waals surface area (Å²) in [5.41, 5.74) is 7.53. The van der Waals surface area contributed by atoms with Crippen LogP contribution in [-0.2, 0) is 15.5 Å². The first-order valence-electron chi connectivity index (χ1n) is 6.30. The third-order valence-corrected chi connectivity index (χ3v) is 4.94. The molecule has 1 saturated heterocycles. The molecule has 1 aromatic carbocycles. The van der Waals surface area contributed by atoms with Crippen LogP contribution in [-0.4, -0.2) is 21.7 Å². The molecule has 1 aliphatic rings. The zero-order valence-electron chi connectivity index (χ0n) is 11.2. The fraction of sp³-hybridized carbons (Fsp3) is 0.571. The van der Waals surface area contributed by atoms with Crippen LogP contribution in [0.3, 0.4) is 0 Å². The van der Waals surface area contributed by atoms with E-state index < -0.39 is 10.8 Å². The molecule has 2 atom stereocenters. The van der Waals surface area contributed by atoms with E-state index in [-0.39, 0.29) is 11.7 Å². The van der Waals surface area contributed by atoms with Crippen molar-refractivity contribution in [3.05, 3.63) is 23.8 Å². The molecule has 1 heterocycles. The van der Waals surface area contributed by atoms with Crippen LogP contribution in [0.1, 0.15) is 32.3 Å². The van der Waals surface area contributed by atoms with Gasteiger partial charge in [-0.25, -0.2) is 0 Å². The van der Waals surface area contributed by atoms with E-state index in [1.807, 2.05) is 25.1 Å². The highest BCUT2D eigenvalue weighted by Crippen LogP contribution is 2.31. The van der Waals surface area contributed by atoms with E-state index in [0.717, 1.165) is 23.3 Å². The van der Waals surface area contributed by atoms with E-state index >= 15 is 0 Å². The Morgan fingerprint density at radius 2 is 2.22 bits per heavy atom. The zero-order valence-corrected chi connectivity index (χ0v) is 12.0. The van der Waals surface area contributed by atoms with E-state index in [4.69, 9.17) is 10.5 Å². The second kappa shape index (κ2) is 5.02. The summed E-state index contributed by atoms with van der Waals surface area (Å²) in [7, 11) is -1.08. The molecule has 1 fully saturated rings. The minimum atomic E-state index is -1.08. The number of anilines is 1. The lowest BCUT2D eigenvalue weighted by atomic mass is 10.1. The minimum absolute atomic E-state index is 0.0764. The van der Waals surface area contributed by atoms with E-state index in [2.05, 4.69) is 13.8 Å². The van der Waals surface area contributed by atoms with Crippen molar-refractivity contribution in [3.8, 4) is 0 Å². The van der Waals surface area contributed by atoms with Crippen molar-refractivity contribution in [2.75, 3.05) is 11.5 Å². The molecule has 1 aromatic rings. The van der Waals surface area contributed by atoms with Gasteiger partial charge in [0.15, 0.2) is 0 Å². The highest BCUT2D eigenvalue weighted by molar-refractivity contribution is 7.85. The topological polar surface area (TPSA) is 52.3 Å². The van der Waals surface area contributed by atoms with Crippen LogP contribution in [0.2, 0.25) is 0 Å². The summed E-state index contributed by atoms with van der Waals surface area (Å²) < 4.78 is 18.2. The maximum absolute atomic E-state index is 12.3. The van der Waals surface area contributed by atoms with Crippen molar-refractivity contribution < 1.29 is 8.95 Å². The summed E-state index contributed by atoms with van der Waals surface area (Å²) >= 11 is 0. The summed E-state index contributed by atoms with van der Waals surface area (Å²) in [4.78, 5) is 0.739. The van der Waals surface area contributed by atoms with Gasteiger partial charge in [-0.05, 0) is 45.2 Å². The van der Waals surface area contributed by atoms with Gasteiger partial charge in [0, 0.05) is 0 Å². The molecule has 0 aliphatic carbocycles. The summed E-state index contributed by atoms with van der Waals surface area (Å²) in [6, 6.07) is 5.68. The van der Waals surface area contributed by atoms with E-state index in [0.29, 0.717) is 11.4 Å². The van der Waals surface area contributed by atoms with Crippen LogP contribution < -0.4 is 5.73 Å². The molecule has 0 spiro atoms. The fourth-order valence-corrected chi connectivity index (χ4v) is 3.69. The Hall–Kier alpha value is -0.870. The zero-order chi connectivity index (χ0) is 13.3. The van der Waals surface area contributed by atoms with Crippen molar-refractivity contribution >= 4 is 16.5 Å². The van der Waals surface area contributed by atoms with E-state index in [1.165, 1.54) is 0 Å². The summed E-state index contributed by atoms with van der Waals surface area (Å²) in [6.45, 7) is 6.10. The molecule has 0 bridgehead atoms. The van der Waals surface area contributed by atoms with Gasteiger partial charge in [-0.3, -0.25) is 4.21 Å². The average molecular weight is 267 g/mol. The molecule has 4 heteroatoms. The first-order chi connectivity index (χ1) is 8.39. The lowest BCUT2D eigenvalue weighted by molar-refractivity contribution is -0.00498. The van der Waals surface area contributed by atoms with Gasteiger partial charge >= 0.3 is 0 Å². The predicted molar refractivity (Wildman–Crippen MR) is 75.1 cm³/mol. The molecule has 0 aromatic heterocycles. The van der Waals surface area contributed by atoms with Crippen molar-refractivity contribution in [2.24, 2.45) is 0 Å². The number of benzene rings is 1. The molecule has 0 radical (unpaired) electrons. The molecule has 3 nitrogen and oxygen atoms in total. The normalized spacial score (nSPS) is 24.1. The van der Waals surface area contributed by atoms with Crippen molar-refractivity contribution in [3.63, 3.8) is 0 Å². The maximum Gasteiger partial charge on any atom is 0.0702 e. The van der Waals surface area contributed by atoms with Crippen LogP contribution in [0, 0.1) is 6.92 Å². The number of hydrogen-bond donors (Lipinski definition) is 1. The predicted octanol–water partition coefficient (Wildman–Crippen LogP) is 2.64. The first-order valence-corrected chi connectivity index (χ1v) is 7.62. The van der Waals surface area contributed by atoms with Gasteiger partial charge in [0.2, 0.25) is 0 Å². The SMILES string of the molecule is Cc1cccc(S(=O)CC2CCC(C)(C)O2)c1N. The Morgan fingerprint density at radius 3 is 2.83 bits per heavy atom. The van der Waals surface area contributed by atoms with Crippen LogP contribution >= 0.6 is 0 Å². The highest BCUT2D eigenvalue weighted by atomic mass is 32.2. The van der Waals surface area contributed by atoms with Crippen LogP contribution in [0.25, 0.3) is 0 Å². The Balaban J connectivity index is 2.07. The van der Waals surface area contributed by atoms with Gasteiger partial charge in [0.05, 0.1) is 38.8 Å². The number of aryl methyl sites for hydroxylation is 1. The fourth-order valence-electron chi connectivity index (χ4n) is 2.31. The summed E-state index contributed by atoms with van der Waals surface area (Å²) in [5, 5.41) is 0. The number of para-hydroxylation sites is 1. The lowest BCUT2D eigenvalue weighted by Gasteiger charge is -2.19. The van der Waals surface area contributed by atoms with Crippen LogP contribution in [0.4, 0.5) is 5.69 Å². The quantitative estimate of drug-likeness (QED) is 0.857. The number of nitrogens with two attached hydrogens (primary N) is 1. The number of rotatable bonds is 3. The van der Waals surface area contributed by atoms with Gasteiger partial charge in [0.25, 0.3) is 0 Å². The molecule has 0 amide bonds. The van der Waals surface area contributed by atoms with Gasteiger partial charge in [-0.15, -0.1) is 0 Å². The monoisotopic (exact) mass is 267 g/mol. The van der Waals surface area contributed by atoms with Crippen molar-refractivity contribution in [2.45, 2.75) is 50.2 Å². The van der Waals surface area contributed by atoms with Crippen LogP contribution in [0.5, 0.6) is 0 Å². The first kappa shape index (κ1) is 13.6. The smallest absolute Gasteiger partial charge is 0.0702 e.